The molecule has 1 aromatic rings. The van der Waals surface area contributed by atoms with Crippen LogP contribution in [0.4, 0.5) is 0 Å². The van der Waals surface area contributed by atoms with Crippen LogP contribution in [0, 0.1) is 0 Å². The summed E-state index contributed by atoms with van der Waals surface area (Å²) in [6.45, 7) is 0. The monoisotopic (exact) mass is 223 g/mol. The molecule has 0 radical (unpaired) electrons. The lowest BCUT2D eigenvalue weighted by Gasteiger charge is -2.16. The minimum Gasteiger partial charge on any atom is -0.342 e. The Balaban J connectivity index is 1.98. The quantitative estimate of drug-likeness (QED) is 0.771. The molecule has 2 rings (SSSR count). The third-order valence-corrected chi connectivity index (χ3v) is 2.97. The number of carbonyl (C=O) groups is 1. The second-order valence-electron chi connectivity index (χ2n) is 4.04. The lowest BCUT2D eigenvalue weighted by molar-refractivity contribution is -0.129. The second kappa shape index (κ2) is 4.23. The van der Waals surface area contributed by atoms with Crippen molar-refractivity contribution in [3.8, 4) is 0 Å². The normalized spacial score (nSPS) is 15.1. The molecule has 0 aliphatic heterocycles. The molecule has 0 atom stereocenters. The number of hydrogen-bond acceptors (Lipinski definition) is 1. The fraction of sp³-hybridized carbons (Fsp3) is 0.417. The van der Waals surface area contributed by atoms with Gasteiger partial charge in [0, 0.05) is 18.1 Å². The molecule has 0 heterocycles. The van der Waals surface area contributed by atoms with Gasteiger partial charge in [-0.3, -0.25) is 4.79 Å². The second-order valence-corrected chi connectivity index (χ2v) is 4.48. The van der Waals surface area contributed by atoms with Crippen molar-refractivity contribution < 1.29 is 4.79 Å². The van der Waals surface area contributed by atoms with E-state index in [1.807, 2.05) is 36.2 Å². The van der Waals surface area contributed by atoms with Gasteiger partial charge >= 0.3 is 0 Å². The van der Waals surface area contributed by atoms with Crippen LogP contribution in [-0.4, -0.2) is 23.9 Å². The molecular formula is C12H14ClNO. The highest BCUT2D eigenvalue weighted by Crippen LogP contribution is 2.26. The fourth-order valence-corrected chi connectivity index (χ4v) is 1.82. The first-order valence-corrected chi connectivity index (χ1v) is 5.55. The van der Waals surface area contributed by atoms with Crippen LogP contribution in [0.3, 0.4) is 0 Å². The van der Waals surface area contributed by atoms with Gasteiger partial charge in [-0.2, -0.15) is 0 Å². The zero-order chi connectivity index (χ0) is 10.8. The first-order valence-electron chi connectivity index (χ1n) is 5.17. The highest BCUT2D eigenvalue weighted by molar-refractivity contribution is 6.30. The maximum absolute atomic E-state index is 11.8. The predicted molar refractivity (Wildman–Crippen MR) is 60.9 cm³/mol. The van der Waals surface area contributed by atoms with Gasteiger partial charge in [0.1, 0.15) is 0 Å². The van der Waals surface area contributed by atoms with Gasteiger partial charge in [0.15, 0.2) is 0 Å². The van der Waals surface area contributed by atoms with Crippen LogP contribution < -0.4 is 0 Å². The molecule has 1 aliphatic carbocycles. The van der Waals surface area contributed by atoms with Crippen LogP contribution >= 0.6 is 11.6 Å². The van der Waals surface area contributed by atoms with E-state index in [9.17, 15) is 4.79 Å². The highest BCUT2D eigenvalue weighted by atomic mass is 35.5. The smallest absolute Gasteiger partial charge is 0.226 e. The Kier molecular flexibility index (Phi) is 2.96. The number of rotatable bonds is 3. The minimum absolute atomic E-state index is 0.180. The summed E-state index contributed by atoms with van der Waals surface area (Å²) in [6, 6.07) is 7.96. The average Bonchev–Trinajstić information content (AvgIpc) is 2.99. The van der Waals surface area contributed by atoms with Crippen LogP contribution in [-0.2, 0) is 11.2 Å². The zero-order valence-corrected chi connectivity index (χ0v) is 9.50. The maximum Gasteiger partial charge on any atom is 0.226 e. The SMILES string of the molecule is CN(C(=O)Cc1cccc(Cl)c1)C1CC1. The molecule has 0 aromatic heterocycles. The van der Waals surface area contributed by atoms with E-state index >= 15 is 0 Å². The molecule has 0 N–H and O–H groups in total. The number of likely N-dealkylation sites (N-methyl/N-ethyl adjacent to an activating group) is 1. The summed E-state index contributed by atoms with van der Waals surface area (Å²) < 4.78 is 0. The molecule has 80 valence electrons. The van der Waals surface area contributed by atoms with Crippen LogP contribution in [0.25, 0.3) is 0 Å². The number of benzene rings is 1. The van der Waals surface area contributed by atoms with Gasteiger partial charge in [-0.1, -0.05) is 23.7 Å². The van der Waals surface area contributed by atoms with Crippen LogP contribution in [0.2, 0.25) is 5.02 Å². The van der Waals surface area contributed by atoms with E-state index in [0.29, 0.717) is 17.5 Å². The van der Waals surface area contributed by atoms with Crippen molar-refractivity contribution in [2.75, 3.05) is 7.05 Å². The highest BCUT2D eigenvalue weighted by Gasteiger charge is 2.29. The molecular weight excluding hydrogens is 210 g/mol. The van der Waals surface area contributed by atoms with Gasteiger partial charge in [-0.15, -0.1) is 0 Å². The molecule has 1 amide bonds. The molecule has 0 spiro atoms. The Labute approximate surface area is 94.8 Å². The van der Waals surface area contributed by atoms with Gasteiger partial charge in [-0.05, 0) is 30.5 Å². The molecule has 15 heavy (non-hydrogen) atoms. The summed E-state index contributed by atoms with van der Waals surface area (Å²) in [5, 5.41) is 0.689. The van der Waals surface area contributed by atoms with Crippen molar-refractivity contribution in [1.82, 2.24) is 4.90 Å². The van der Waals surface area contributed by atoms with E-state index in [0.717, 1.165) is 18.4 Å². The van der Waals surface area contributed by atoms with Crippen LogP contribution in [0.1, 0.15) is 18.4 Å². The van der Waals surface area contributed by atoms with Crippen LogP contribution in [0.5, 0.6) is 0 Å². The van der Waals surface area contributed by atoms with Gasteiger partial charge in [0.25, 0.3) is 0 Å². The van der Waals surface area contributed by atoms with E-state index < -0.39 is 0 Å². The van der Waals surface area contributed by atoms with E-state index in [-0.39, 0.29) is 5.91 Å². The molecule has 3 heteroatoms. The van der Waals surface area contributed by atoms with Crippen molar-refractivity contribution >= 4 is 17.5 Å². The molecule has 0 bridgehead atoms. The summed E-state index contributed by atoms with van der Waals surface area (Å²) in [4.78, 5) is 13.6. The number of halogens is 1. The van der Waals surface area contributed by atoms with E-state index in [1.54, 1.807) is 0 Å². The van der Waals surface area contributed by atoms with Crippen molar-refractivity contribution in [3.63, 3.8) is 0 Å². The molecule has 0 unspecified atom stereocenters. The summed E-state index contributed by atoms with van der Waals surface area (Å²) in [5.41, 5.74) is 0.986. The minimum atomic E-state index is 0.180. The molecule has 1 fully saturated rings. The van der Waals surface area contributed by atoms with Gasteiger partial charge in [-0.25, -0.2) is 0 Å². The van der Waals surface area contributed by atoms with E-state index in [2.05, 4.69) is 0 Å². The van der Waals surface area contributed by atoms with Gasteiger partial charge in [0.2, 0.25) is 5.91 Å². The van der Waals surface area contributed by atoms with Crippen molar-refractivity contribution in [3.05, 3.63) is 34.9 Å². The molecule has 0 saturated heterocycles. The third kappa shape index (κ3) is 2.72. The average molecular weight is 224 g/mol. The Morgan fingerprint density at radius 1 is 1.53 bits per heavy atom. The lowest BCUT2D eigenvalue weighted by atomic mass is 10.1. The Morgan fingerprint density at radius 2 is 2.27 bits per heavy atom. The lowest BCUT2D eigenvalue weighted by Crippen LogP contribution is -2.30. The first-order chi connectivity index (χ1) is 7.16. The van der Waals surface area contributed by atoms with Crippen molar-refractivity contribution in [2.45, 2.75) is 25.3 Å². The Bertz CT molecular complexity index is 374. The number of hydrogen-bond donors (Lipinski definition) is 0. The van der Waals surface area contributed by atoms with Crippen molar-refractivity contribution in [1.29, 1.82) is 0 Å². The topological polar surface area (TPSA) is 20.3 Å². The largest absolute Gasteiger partial charge is 0.342 e. The zero-order valence-electron chi connectivity index (χ0n) is 8.74. The van der Waals surface area contributed by atoms with Crippen molar-refractivity contribution in [2.24, 2.45) is 0 Å². The van der Waals surface area contributed by atoms with Gasteiger partial charge in [0.05, 0.1) is 6.42 Å². The summed E-state index contributed by atoms with van der Waals surface area (Å²) in [5.74, 6) is 0.180. The standard InChI is InChI=1S/C12H14ClNO/c1-14(11-5-6-11)12(15)8-9-3-2-4-10(13)7-9/h2-4,7,11H,5-6,8H2,1H3. The summed E-state index contributed by atoms with van der Waals surface area (Å²) in [6.07, 6.45) is 2.75. The van der Waals surface area contributed by atoms with Crippen LogP contribution in [0.15, 0.2) is 24.3 Å². The number of amides is 1. The van der Waals surface area contributed by atoms with E-state index in [1.165, 1.54) is 0 Å². The van der Waals surface area contributed by atoms with Gasteiger partial charge < -0.3 is 4.90 Å². The first kappa shape index (κ1) is 10.5. The molecule has 1 saturated carbocycles. The predicted octanol–water partition coefficient (Wildman–Crippen LogP) is 2.50. The Hall–Kier alpha value is -1.02. The maximum atomic E-state index is 11.8. The summed E-state index contributed by atoms with van der Waals surface area (Å²) >= 11 is 5.86. The summed E-state index contributed by atoms with van der Waals surface area (Å²) in [7, 11) is 1.88. The third-order valence-electron chi connectivity index (χ3n) is 2.73. The molecule has 2 nitrogen and oxygen atoms in total. The Morgan fingerprint density at radius 3 is 2.87 bits per heavy atom. The number of nitrogens with zero attached hydrogens (tertiary/aromatic N) is 1. The molecule has 1 aromatic carbocycles. The molecule has 1 aliphatic rings. The van der Waals surface area contributed by atoms with E-state index in [4.69, 9.17) is 11.6 Å². The number of carbonyl (C=O) groups excluding carboxylic acids is 1. The fourth-order valence-electron chi connectivity index (χ4n) is 1.61.